The summed E-state index contributed by atoms with van der Waals surface area (Å²) in [5.74, 6) is -2.23. The van der Waals surface area contributed by atoms with E-state index in [1.165, 1.54) is 12.1 Å². The van der Waals surface area contributed by atoms with Crippen molar-refractivity contribution >= 4 is 5.69 Å². The van der Waals surface area contributed by atoms with Crippen molar-refractivity contribution in [2.45, 2.75) is 6.61 Å². The average Bonchev–Trinajstić information content (AvgIpc) is 2.42. The maximum Gasteiger partial charge on any atom is 0.314 e. The first kappa shape index (κ1) is 13.9. The highest BCUT2D eigenvalue weighted by atomic mass is 19.1. The molecule has 0 radical (unpaired) electrons. The molecule has 0 atom stereocenters. The molecule has 1 N–H and O–H groups in total. The third-order valence-electron chi connectivity index (χ3n) is 2.55. The Morgan fingerprint density at radius 1 is 1.25 bits per heavy atom. The van der Waals surface area contributed by atoms with Crippen LogP contribution in [0.3, 0.4) is 0 Å². The number of aliphatic hydroxyl groups is 1. The van der Waals surface area contributed by atoms with Crippen LogP contribution in [-0.4, -0.2) is 10.0 Å². The maximum atomic E-state index is 13.7. The zero-order chi connectivity index (χ0) is 14.7. The first-order valence-corrected chi connectivity index (χ1v) is 5.53. The third-order valence-corrected chi connectivity index (χ3v) is 2.55. The van der Waals surface area contributed by atoms with Gasteiger partial charge in [0.1, 0.15) is 5.82 Å². The number of benzene rings is 2. The van der Waals surface area contributed by atoms with Gasteiger partial charge in [0.25, 0.3) is 0 Å². The summed E-state index contributed by atoms with van der Waals surface area (Å²) in [5, 5.41) is 19.9. The molecule has 0 saturated carbocycles. The Morgan fingerprint density at radius 2 is 2.00 bits per heavy atom. The lowest BCUT2D eigenvalue weighted by molar-refractivity contribution is -0.385. The molecule has 0 heterocycles. The standard InChI is InChI=1S/C13H9F2NO4/c14-9-4-5-12(11(6-9)16(18)19)20-13-8(7-17)2-1-3-10(13)15/h1-6,17H,7H2. The van der Waals surface area contributed by atoms with E-state index >= 15 is 0 Å². The normalized spacial score (nSPS) is 10.3. The Kier molecular flexibility index (Phi) is 3.90. The van der Waals surface area contributed by atoms with E-state index in [4.69, 9.17) is 9.84 Å². The molecule has 104 valence electrons. The van der Waals surface area contributed by atoms with Gasteiger partial charge in [0.05, 0.1) is 17.6 Å². The van der Waals surface area contributed by atoms with Crippen LogP contribution in [0.25, 0.3) is 0 Å². The molecule has 20 heavy (non-hydrogen) atoms. The van der Waals surface area contributed by atoms with Gasteiger partial charge in [-0.2, -0.15) is 0 Å². The van der Waals surface area contributed by atoms with Crippen LogP contribution >= 0.6 is 0 Å². The topological polar surface area (TPSA) is 72.6 Å². The first-order chi connectivity index (χ1) is 9.52. The number of aliphatic hydroxyl groups excluding tert-OH is 1. The molecule has 7 heteroatoms. The van der Waals surface area contributed by atoms with Gasteiger partial charge in [-0.1, -0.05) is 12.1 Å². The molecule has 0 aliphatic heterocycles. The lowest BCUT2D eigenvalue weighted by Crippen LogP contribution is -1.98. The summed E-state index contributed by atoms with van der Waals surface area (Å²) in [4.78, 5) is 9.98. The van der Waals surface area contributed by atoms with Gasteiger partial charge in [-0.25, -0.2) is 8.78 Å². The summed E-state index contributed by atoms with van der Waals surface area (Å²) in [5.41, 5.74) is -0.499. The molecule has 0 aliphatic carbocycles. The molecule has 0 aromatic heterocycles. The van der Waals surface area contributed by atoms with Gasteiger partial charge in [0.2, 0.25) is 5.75 Å². The molecular formula is C13H9F2NO4. The van der Waals surface area contributed by atoms with Crippen molar-refractivity contribution in [2.75, 3.05) is 0 Å². The molecule has 0 spiro atoms. The lowest BCUT2D eigenvalue weighted by Gasteiger charge is -2.10. The smallest absolute Gasteiger partial charge is 0.314 e. The van der Waals surface area contributed by atoms with Crippen LogP contribution in [-0.2, 0) is 6.61 Å². The number of hydrogen-bond acceptors (Lipinski definition) is 4. The highest BCUT2D eigenvalue weighted by Gasteiger charge is 2.19. The van der Waals surface area contributed by atoms with Crippen molar-refractivity contribution in [2.24, 2.45) is 0 Å². The van der Waals surface area contributed by atoms with Crippen molar-refractivity contribution < 1.29 is 23.5 Å². The van der Waals surface area contributed by atoms with Crippen molar-refractivity contribution in [3.8, 4) is 11.5 Å². The Bertz CT molecular complexity index is 661. The third kappa shape index (κ3) is 2.72. The quantitative estimate of drug-likeness (QED) is 0.690. The van der Waals surface area contributed by atoms with Crippen LogP contribution in [0.5, 0.6) is 11.5 Å². The van der Waals surface area contributed by atoms with Gasteiger partial charge in [0.15, 0.2) is 11.6 Å². The first-order valence-electron chi connectivity index (χ1n) is 5.53. The number of ether oxygens (including phenoxy) is 1. The fourth-order valence-corrected chi connectivity index (χ4v) is 1.62. The molecule has 0 saturated heterocycles. The summed E-state index contributed by atoms with van der Waals surface area (Å²) in [7, 11) is 0. The van der Waals surface area contributed by atoms with Gasteiger partial charge in [0, 0.05) is 5.56 Å². The zero-order valence-corrected chi connectivity index (χ0v) is 10.0. The maximum absolute atomic E-state index is 13.7. The van der Waals surface area contributed by atoms with Crippen molar-refractivity contribution in [3.05, 3.63) is 63.7 Å². The summed E-state index contributed by atoms with van der Waals surface area (Å²) in [6.07, 6.45) is 0. The number of hydrogen-bond donors (Lipinski definition) is 1. The second-order valence-electron chi connectivity index (χ2n) is 3.86. The fraction of sp³-hybridized carbons (Fsp3) is 0.0769. The molecule has 2 aromatic carbocycles. The second-order valence-corrected chi connectivity index (χ2v) is 3.86. The van der Waals surface area contributed by atoms with Crippen LogP contribution in [0.1, 0.15) is 5.56 Å². The molecule has 0 fully saturated rings. The Balaban J connectivity index is 2.48. The van der Waals surface area contributed by atoms with E-state index in [9.17, 15) is 18.9 Å². The molecule has 0 bridgehead atoms. The Morgan fingerprint density at radius 3 is 2.65 bits per heavy atom. The highest BCUT2D eigenvalue weighted by molar-refractivity contribution is 5.49. The molecule has 5 nitrogen and oxygen atoms in total. The monoisotopic (exact) mass is 281 g/mol. The lowest BCUT2D eigenvalue weighted by atomic mass is 10.2. The summed E-state index contributed by atoms with van der Waals surface area (Å²) >= 11 is 0. The minimum absolute atomic E-state index is 0.128. The van der Waals surface area contributed by atoms with E-state index in [0.29, 0.717) is 6.07 Å². The van der Waals surface area contributed by atoms with E-state index < -0.39 is 28.9 Å². The fourth-order valence-electron chi connectivity index (χ4n) is 1.62. The molecule has 0 unspecified atom stereocenters. The predicted octanol–water partition coefficient (Wildman–Crippen LogP) is 3.16. The van der Waals surface area contributed by atoms with E-state index in [-0.39, 0.29) is 17.1 Å². The molecule has 0 aliphatic rings. The number of nitrogens with zero attached hydrogens (tertiary/aromatic N) is 1. The van der Waals surface area contributed by atoms with Gasteiger partial charge >= 0.3 is 5.69 Å². The Labute approximate surface area is 112 Å². The van der Waals surface area contributed by atoms with Crippen LogP contribution in [0.4, 0.5) is 14.5 Å². The SMILES string of the molecule is O=[N+]([O-])c1cc(F)ccc1Oc1c(F)cccc1CO. The van der Waals surface area contributed by atoms with Crippen molar-refractivity contribution in [1.29, 1.82) is 0 Å². The number of para-hydroxylation sites is 1. The van der Waals surface area contributed by atoms with Crippen molar-refractivity contribution in [1.82, 2.24) is 0 Å². The minimum atomic E-state index is -0.835. The van der Waals surface area contributed by atoms with Gasteiger partial charge in [-0.05, 0) is 18.2 Å². The molecule has 2 aromatic rings. The number of nitro benzene ring substituents is 1. The van der Waals surface area contributed by atoms with Gasteiger partial charge in [-0.15, -0.1) is 0 Å². The van der Waals surface area contributed by atoms with Crippen LogP contribution in [0.2, 0.25) is 0 Å². The van der Waals surface area contributed by atoms with Gasteiger partial charge in [-0.3, -0.25) is 10.1 Å². The molecule has 2 rings (SSSR count). The predicted molar refractivity (Wildman–Crippen MR) is 65.5 cm³/mol. The van der Waals surface area contributed by atoms with Crippen LogP contribution < -0.4 is 4.74 Å². The zero-order valence-electron chi connectivity index (χ0n) is 10.0. The molecular weight excluding hydrogens is 272 g/mol. The van der Waals surface area contributed by atoms with E-state index in [1.807, 2.05) is 0 Å². The molecule has 0 amide bonds. The van der Waals surface area contributed by atoms with E-state index in [0.717, 1.165) is 18.2 Å². The number of halogens is 2. The second kappa shape index (κ2) is 5.62. The summed E-state index contributed by atoms with van der Waals surface area (Å²) in [6.45, 7) is -0.498. The van der Waals surface area contributed by atoms with Crippen LogP contribution in [0, 0.1) is 21.7 Å². The van der Waals surface area contributed by atoms with Crippen molar-refractivity contribution in [3.63, 3.8) is 0 Å². The van der Waals surface area contributed by atoms with Gasteiger partial charge < -0.3 is 9.84 Å². The number of rotatable bonds is 4. The Hall–Kier alpha value is -2.54. The summed E-state index contributed by atoms with van der Waals surface area (Å²) < 4.78 is 31.8. The number of nitro groups is 1. The summed E-state index contributed by atoms with van der Waals surface area (Å²) in [6, 6.07) is 6.53. The van der Waals surface area contributed by atoms with E-state index in [1.54, 1.807) is 0 Å². The average molecular weight is 281 g/mol. The van der Waals surface area contributed by atoms with Crippen LogP contribution in [0.15, 0.2) is 36.4 Å². The van der Waals surface area contributed by atoms with E-state index in [2.05, 4.69) is 0 Å². The highest BCUT2D eigenvalue weighted by Crippen LogP contribution is 2.34. The largest absolute Gasteiger partial charge is 0.447 e. The minimum Gasteiger partial charge on any atom is -0.447 e.